The Balaban J connectivity index is 2.03. The van der Waals surface area contributed by atoms with Crippen LogP contribution < -0.4 is 10.5 Å². The van der Waals surface area contributed by atoms with Gasteiger partial charge in [0.25, 0.3) is 0 Å². The van der Waals surface area contributed by atoms with Gasteiger partial charge in [-0.1, -0.05) is 6.07 Å². The lowest BCUT2D eigenvalue weighted by Gasteiger charge is -2.09. The summed E-state index contributed by atoms with van der Waals surface area (Å²) in [6.45, 7) is 2.07. The average Bonchev–Trinajstić information content (AvgIpc) is 2.73. The maximum absolute atomic E-state index is 13.8. The monoisotopic (exact) mass is 264 g/mol. The fourth-order valence-electron chi connectivity index (χ4n) is 1.75. The van der Waals surface area contributed by atoms with Gasteiger partial charge in [-0.25, -0.2) is 9.37 Å². The summed E-state index contributed by atoms with van der Waals surface area (Å²) in [4.78, 5) is 4.01. The van der Waals surface area contributed by atoms with Gasteiger partial charge < -0.3 is 10.5 Å². The number of halogens is 1. The summed E-state index contributed by atoms with van der Waals surface area (Å²) in [5, 5.41) is 3.92. The van der Waals surface area contributed by atoms with Gasteiger partial charge in [-0.15, -0.1) is 0 Å². The molecule has 6 heteroatoms. The highest BCUT2D eigenvalue weighted by molar-refractivity contribution is 5.29. The minimum Gasteiger partial charge on any atom is -0.483 e. The lowest BCUT2D eigenvalue weighted by molar-refractivity contribution is 0.275. The number of hydrogen-bond donors (Lipinski definition) is 1. The van der Waals surface area contributed by atoms with E-state index in [4.69, 9.17) is 10.5 Å². The van der Waals surface area contributed by atoms with Crippen LogP contribution in [0.15, 0.2) is 24.5 Å². The van der Waals surface area contributed by atoms with E-state index in [0.29, 0.717) is 12.2 Å². The fourth-order valence-corrected chi connectivity index (χ4v) is 1.75. The summed E-state index contributed by atoms with van der Waals surface area (Å²) < 4.78 is 20.8. The molecule has 0 spiro atoms. The summed E-state index contributed by atoms with van der Waals surface area (Å²) in [6, 6.07) is 4.89. The van der Waals surface area contributed by atoms with Crippen LogP contribution in [-0.4, -0.2) is 20.8 Å². The SMILES string of the molecule is CC(N)Cc1ccc(OCc2ncnn2C)c(F)c1. The van der Waals surface area contributed by atoms with Crippen molar-refractivity contribution < 1.29 is 9.13 Å². The number of rotatable bonds is 5. The van der Waals surface area contributed by atoms with Crippen LogP contribution in [0, 0.1) is 5.82 Å². The highest BCUT2D eigenvalue weighted by Gasteiger charge is 2.08. The normalized spacial score (nSPS) is 12.4. The van der Waals surface area contributed by atoms with Crippen molar-refractivity contribution in [2.45, 2.75) is 26.0 Å². The highest BCUT2D eigenvalue weighted by Crippen LogP contribution is 2.20. The number of aromatic nitrogens is 3. The second kappa shape index (κ2) is 5.79. The molecule has 1 unspecified atom stereocenters. The van der Waals surface area contributed by atoms with Crippen molar-refractivity contribution >= 4 is 0 Å². The second-order valence-electron chi connectivity index (χ2n) is 4.53. The van der Waals surface area contributed by atoms with E-state index < -0.39 is 0 Å². The molecule has 0 aliphatic rings. The first-order valence-corrected chi connectivity index (χ1v) is 6.06. The zero-order valence-corrected chi connectivity index (χ0v) is 11.0. The number of ether oxygens (including phenoxy) is 1. The lowest BCUT2D eigenvalue weighted by atomic mass is 10.1. The predicted molar refractivity (Wildman–Crippen MR) is 69.1 cm³/mol. The van der Waals surface area contributed by atoms with Gasteiger partial charge in [-0.3, -0.25) is 4.68 Å². The van der Waals surface area contributed by atoms with Gasteiger partial charge in [-0.2, -0.15) is 5.10 Å². The maximum Gasteiger partial charge on any atom is 0.165 e. The smallest absolute Gasteiger partial charge is 0.165 e. The van der Waals surface area contributed by atoms with Gasteiger partial charge in [0.1, 0.15) is 12.9 Å². The van der Waals surface area contributed by atoms with E-state index in [-0.39, 0.29) is 24.2 Å². The van der Waals surface area contributed by atoms with E-state index in [1.165, 1.54) is 12.4 Å². The Morgan fingerprint density at radius 1 is 1.47 bits per heavy atom. The number of nitrogens with two attached hydrogens (primary N) is 1. The van der Waals surface area contributed by atoms with E-state index in [0.717, 1.165) is 5.56 Å². The van der Waals surface area contributed by atoms with E-state index >= 15 is 0 Å². The molecule has 2 N–H and O–H groups in total. The molecule has 0 saturated heterocycles. The molecule has 1 heterocycles. The van der Waals surface area contributed by atoms with Gasteiger partial charge in [0.15, 0.2) is 17.4 Å². The third-order valence-electron chi connectivity index (χ3n) is 2.72. The standard InChI is InChI=1S/C13H17FN4O/c1-9(15)5-10-3-4-12(11(14)6-10)19-7-13-16-8-17-18(13)2/h3-4,6,8-9H,5,7,15H2,1-2H3. The summed E-state index contributed by atoms with van der Waals surface area (Å²) in [5.74, 6) is 0.454. The van der Waals surface area contributed by atoms with Gasteiger partial charge in [-0.05, 0) is 31.0 Å². The molecule has 5 nitrogen and oxygen atoms in total. The van der Waals surface area contributed by atoms with Crippen LogP contribution in [0.4, 0.5) is 4.39 Å². The summed E-state index contributed by atoms with van der Waals surface area (Å²) in [7, 11) is 1.76. The second-order valence-corrected chi connectivity index (χ2v) is 4.53. The van der Waals surface area contributed by atoms with Crippen molar-refractivity contribution in [2.75, 3.05) is 0 Å². The predicted octanol–water partition coefficient (Wildman–Crippen LogP) is 1.42. The van der Waals surface area contributed by atoms with Crippen molar-refractivity contribution in [3.63, 3.8) is 0 Å². The van der Waals surface area contributed by atoms with Crippen LogP contribution in [0.5, 0.6) is 5.75 Å². The van der Waals surface area contributed by atoms with Gasteiger partial charge in [0, 0.05) is 13.1 Å². The largest absolute Gasteiger partial charge is 0.483 e. The topological polar surface area (TPSA) is 66.0 Å². The molecule has 1 aromatic heterocycles. The summed E-state index contributed by atoms with van der Waals surface area (Å²) in [5.41, 5.74) is 6.54. The molecular formula is C13H17FN4O. The van der Waals surface area contributed by atoms with Gasteiger partial charge in [0.2, 0.25) is 0 Å². The molecule has 0 saturated carbocycles. The first kappa shape index (κ1) is 13.5. The minimum absolute atomic E-state index is 0.00445. The summed E-state index contributed by atoms with van der Waals surface area (Å²) >= 11 is 0. The third-order valence-corrected chi connectivity index (χ3v) is 2.72. The van der Waals surface area contributed by atoms with Gasteiger partial charge in [0.05, 0.1) is 0 Å². The average molecular weight is 264 g/mol. The van der Waals surface area contributed by atoms with Crippen LogP contribution in [0.2, 0.25) is 0 Å². The molecule has 0 bridgehead atoms. The van der Waals surface area contributed by atoms with Gasteiger partial charge >= 0.3 is 0 Å². The van der Waals surface area contributed by atoms with E-state index in [2.05, 4.69) is 10.1 Å². The molecule has 19 heavy (non-hydrogen) atoms. The van der Waals surface area contributed by atoms with Crippen LogP contribution in [0.25, 0.3) is 0 Å². The number of aryl methyl sites for hydroxylation is 1. The van der Waals surface area contributed by atoms with Crippen LogP contribution in [0.1, 0.15) is 18.3 Å². The zero-order valence-electron chi connectivity index (χ0n) is 11.0. The molecule has 2 rings (SSSR count). The van der Waals surface area contributed by atoms with Crippen molar-refractivity contribution in [2.24, 2.45) is 12.8 Å². The Hall–Kier alpha value is -1.95. The van der Waals surface area contributed by atoms with Crippen LogP contribution >= 0.6 is 0 Å². The molecular weight excluding hydrogens is 247 g/mol. The molecule has 1 aromatic carbocycles. The van der Waals surface area contributed by atoms with Crippen LogP contribution in [-0.2, 0) is 20.1 Å². The molecule has 0 amide bonds. The molecule has 0 aliphatic heterocycles. The molecule has 0 aliphatic carbocycles. The Bertz CT molecular complexity index is 553. The molecule has 2 aromatic rings. The zero-order chi connectivity index (χ0) is 13.8. The van der Waals surface area contributed by atoms with E-state index in [1.807, 2.05) is 13.0 Å². The highest BCUT2D eigenvalue weighted by atomic mass is 19.1. The Morgan fingerprint density at radius 2 is 2.26 bits per heavy atom. The minimum atomic E-state index is -0.389. The van der Waals surface area contributed by atoms with Crippen molar-refractivity contribution in [1.82, 2.24) is 14.8 Å². The lowest BCUT2D eigenvalue weighted by Crippen LogP contribution is -2.17. The quantitative estimate of drug-likeness (QED) is 0.887. The van der Waals surface area contributed by atoms with Crippen molar-refractivity contribution in [1.29, 1.82) is 0 Å². The molecule has 102 valence electrons. The Morgan fingerprint density at radius 3 is 2.84 bits per heavy atom. The molecule has 0 fully saturated rings. The molecule has 1 atom stereocenters. The number of benzene rings is 1. The first-order valence-electron chi connectivity index (χ1n) is 6.06. The van der Waals surface area contributed by atoms with Crippen molar-refractivity contribution in [3.05, 3.63) is 41.7 Å². The molecule has 0 radical (unpaired) electrons. The fraction of sp³-hybridized carbons (Fsp3) is 0.385. The first-order chi connectivity index (χ1) is 9.06. The van der Waals surface area contributed by atoms with E-state index in [9.17, 15) is 4.39 Å². The number of nitrogens with zero attached hydrogens (tertiary/aromatic N) is 3. The summed E-state index contributed by atoms with van der Waals surface area (Å²) in [6.07, 6.45) is 2.07. The maximum atomic E-state index is 13.8. The van der Waals surface area contributed by atoms with Crippen molar-refractivity contribution in [3.8, 4) is 5.75 Å². The Labute approximate surface area is 111 Å². The van der Waals surface area contributed by atoms with E-state index in [1.54, 1.807) is 17.8 Å². The Kier molecular flexibility index (Phi) is 4.11. The van der Waals surface area contributed by atoms with Crippen LogP contribution in [0.3, 0.4) is 0 Å². The number of hydrogen-bond acceptors (Lipinski definition) is 4. The third kappa shape index (κ3) is 3.51.